The lowest BCUT2D eigenvalue weighted by atomic mass is 9.85. The van der Waals surface area contributed by atoms with Crippen LogP contribution in [-0.2, 0) is 42.9 Å². The van der Waals surface area contributed by atoms with Gasteiger partial charge in [0.1, 0.15) is 12.1 Å². The number of ether oxygens (including phenoxy) is 4. The molecule has 1 saturated heterocycles. The van der Waals surface area contributed by atoms with Gasteiger partial charge in [-0.15, -0.1) is 0 Å². The predicted molar refractivity (Wildman–Crippen MR) is 119 cm³/mol. The average molecular weight is 491 g/mol. The van der Waals surface area contributed by atoms with Gasteiger partial charge in [0.05, 0.1) is 27.2 Å². The number of hydrogen-bond acceptors (Lipinski definition) is 10. The maximum atomic E-state index is 12.6. The second-order valence-electron chi connectivity index (χ2n) is 8.62. The van der Waals surface area contributed by atoms with E-state index in [1.54, 1.807) is 13.8 Å². The molecule has 0 unspecified atom stereocenters. The zero-order valence-corrected chi connectivity index (χ0v) is 20.8. The highest BCUT2D eigenvalue weighted by Crippen LogP contribution is 2.34. The molecule has 11 nitrogen and oxygen atoms in total. The Balaban J connectivity index is 2.51. The van der Waals surface area contributed by atoms with Gasteiger partial charge in [0.25, 0.3) is 0 Å². The molecule has 0 aromatic heterocycles. The monoisotopic (exact) mass is 490 g/mol. The molecule has 0 bridgehead atoms. The Morgan fingerprint density at radius 2 is 1.70 bits per heavy atom. The molecule has 12 heteroatoms. The standard InChI is InChI=1S/C21H34N2O9S/c1-20(2)12-31-21(3,4)32-17(20)18(27)22-10-9-14(24)23-13(19(28)30-6)11-33-16(26)8-7-15(25)29-5/h13,17H,7-12H2,1-6H3,(H,22,27)(H,23,24)/t13-,17-/m0/s1. The molecule has 0 aliphatic carbocycles. The summed E-state index contributed by atoms with van der Waals surface area (Å²) in [4.78, 5) is 59.8. The van der Waals surface area contributed by atoms with Gasteiger partial charge in [0.15, 0.2) is 10.9 Å². The van der Waals surface area contributed by atoms with Crippen LogP contribution in [-0.4, -0.2) is 79.9 Å². The molecule has 2 atom stereocenters. The number of rotatable bonds is 11. The number of thioether (sulfide) groups is 1. The minimum Gasteiger partial charge on any atom is -0.469 e. The number of methoxy groups -OCH3 is 2. The fourth-order valence-corrected chi connectivity index (χ4v) is 3.66. The van der Waals surface area contributed by atoms with Gasteiger partial charge in [-0.2, -0.15) is 0 Å². The molecule has 1 aliphatic rings. The Hall–Kier alpha value is -2.18. The van der Waals surface area contributed by atoms with E-state index < -0.39 is 41.2 Å². The number of amides is 2. The van der Waals surface area contributed by atoms with Gasteiger partial charge in [-0.05, 0) is 13.8 Å². The summed E-state index contributed by atoms with van der Waals surface area (Å²) in [5.41, 5.74) is -0.546. The first-order valence-electron chi connectivity index (χ1n) is 10.5. The van der Waals surface area contributed by atoms with E-state index in [1.807, 2.05) is 13.8 Å². The molecule has 0 spiro atoms. The van der Waals surface area contributed by atoms with Crippen LogP contribution in [0.5, 0.6) is 0 Å². The van der Waals surface area contributed by atoms with E-state index in [1.165, 1.54) is 14.2 Å². The minimum atomic E-state index is -1.05. The smallest absolute Gasteiger partial charge is 0.329 e. The Bertz CT molecular complexity index is 739. The maximum Gasteiger partial charge on any atom is 0.329 e. The summed E-state index contributed by atoms with van der Waals surface area (Å²) in [7, 11) is 2.39. The van der Waals surface area contributed by atoms with Crippen molar-refractivity contribution in [2.45, 2.75) is 64.9 Å². The molecule has 0 radical (unpaired) electrons. The van der Waals surface area contributed by atoms with Crippen molar-refractivity contribution in [1.82, 2.24) is 10.6 Å². The molecule has 1 rings (SSSR count). The number of hydrogen-bond donors (Lipinski definition) is 2. The van der Waals surface area contributed by atoms with E-state index in [0.29, 0.717) is 6.61 Å². The minimum absolute atomic E-state index is 0.0288. The predicted octanol–water partition coefficient (Wildman–Crippen LogP) is 0.541. The maximum absolute atomic E-state index is 12.6. The van der Waals surface area contributed by atoms with E-state index in [2.05, 4.69) is 20.1 Å². The third-order valence-electron chi connectivity index (χ3n) is 4.79. The molecule has 0 aromatic carbocycles. The van der Waals surface area contributed by atoms with E-state index in [4.69, 9.17) is 9.47 Å². The molecule has 1 fully saturated rings. The lowest BCUT2D eigenvalue weighted by Gasteiger charge is -2.44. The average Bonchev–Trinajstić information content (AvgIpc) is 2.75. The van der Waals surface area contributed by atoms with Crippen molar-refractivity contribution in [3.05, 3.63) is 0 Å². The van der Waals surface area contributed by atoms with Crippen LogP contribution in [0.1, 0.15) is 47.0 Å². The Morgan fingerprint density at radius 3 is 2.30 bits per heavy atom. The van der Waals surface area contributed by atoms with Gasteiger partial charge < -0.3 is 29.6 Å². The van der Waals surface area contributed by atoms with Crippen molar-refractivity contribution in [3.63, 3.8) is 0 Å². The molecular formula is C21H34N2O9S. The lowest BCUT2D eigenvalue weighted by Crippen LogP contribution is -2.56. The Kier molecular flexibility index (Phi) is 11.3. The van der Waals surface area contributed by atoms with Gasteiger partial charge in [-0.25, -0.2) is 4.79 Å². The van der Waals surface area contributed by atoms with E-state index >= 15 is 0 Å². The highest BCUT2D eigenvalue weighted by molar-refractivity contribution is 8.13. The van der Waals surface area contributed by atoms with E-state index in [-0.39, 0.29) is 42.6 Å². The summed E-state index contributed by atoms with van der Waals surface area (Å²) in [5, 5.41) is 4.86. The summed E-state index contributed by atoms with van der Waals surface area (Å²) in [6.07, 6.45) is -0.957. The Morgan fingerprint density at radius 1 is 1.03 bits per heavy atom. The first-order valence-corrected chi connectivity index (χ1v) is 11.5. The highest BCUT2D eigenvalue weighted by atomic mass is 32.2. The molecule has 2 amide bonds. The quantitative estimate of drug-likeness (QED) is 0.393. The van der Waals surface area contributed by atoms with E-state index in [9.17, 15) is 24.0 Å². The number of esters is 2. The van der Waals surface area contributed by atoms with Crippen molar-refractivity contribution in [2.75, 3.05) is 33.1 Å². The number of nitrogens with one attached hydrogen (secondary N) is 2. The van der Waals surface area contributed by atoms with Crippen molar-refractivity contribution in [3.8, 4) is 0 Å². The SMILES string of the molecule is COC(=O)CCC(=O)SC[C@H](NC(=O)CCNC(=O)[C@@H]1OC(C)(C)OCC1(C)C)C(=O)OC. The molecule has 1 heterocycles. The topological polar surface area (TPSA) is 146 Å². The number of carbonyl (C=O) groups is 5. The molecule has 0 saturated carbocycles. The van der Waals surface area contributed by atoms with Crippen LogP contribution in [0.4, 0.5) is 0 Å². The van der Waals surface area contributed by atoms with Crippen LogP contribution in [0.3, 0.4) is 0 Å². The van der Waals surface area contributed by atoms with Crippen molar-refractivity contribution < 1.29 is 42.9 Å². The van der Waals surface area contributed by atoms with Crippen LogP contribution >= 0.6 is 11.8 Å². The van der Waals surface area contributed by atoms with Crippen LogP contribution in [0.25, 0.3) is 0 Å². The summed E-state index contributed by atoms with van der Waals surface area (Å²) in [5.74, 6) is -3.03. The zero-order chi connectivity index (χ0) is 25.2. The van der Waals surface area contributed by atoms with Crippen LogP contribution in [0.2, 0.25) is 0 Å². The van der Waals surface area contributed by atoms with Gasteiger partial charge in [-0.1, -0.05) is 25.6 Å². The van der Waals surface area contributed by atoms with Gasteiger partial charge in [-0.3, -0.25) is 19.2 Å². The van der Waals surface area contributed by atoms with Crippen molar-refractivity contribution >= 4 is 40.6 Å². The fourth-order valence-electron chi connectivity index (χ4n) is 2.85. The molecule has 2 N–H and O–H groups in total. The highest BCUT2D eigenvalue weighted by Gasteiger charge is 2.45. The van der Waals surface area contributed by atoms with Crippen molar-refractivity contribution in [1.29, 1.82) is 0 Å². The zero-order valence-electron chi connectivity index (χ0n) is 20.0. The second kappa shape index (κ2) is 12.9. The lowest BCUT2D eigenvalue weighted by molar-refractivity contribution is -0.304. The molecule has 33 heavy (non-hydrogen) atoms. The first-order chi connectivity index (χ1) is 15.3. The van der Waals surface area contributed by atoms with Crippen LogP contribution < -0.4 is 10.6 Å². The van der Waals surface area contributed by atoms with Crippen molar-refractivity contribution in [2.24, 2.45) is 5.41 Å². The fraction of sp³-hybridized carbons (Fsp3) is 0.762. The molecule has 188 valence electrons. The molecular weight excluding hydrogens is 456 g/mol. The third kappa shape index (κ3) is 10.1. The normalized spacial score (nSPS) is 19.6. The van der Waals surface area contributed by atoms with Gasteiger partial charge in [0, 0.05) is 30.6 Å². The molecule has 1 aliphatic heterocycles. The first kappa shape index (κ1) is 28.9. The third-order valence-corrected chi connectivity index (χ3v) is 5.81. The summed E-state index contributed by atoms with van der Waals surface area (Å²) in [6.45, 7) is 7.52. The van der Waals surface area contributed by atoms with Gasteiger partial charge in [0.2, 0.25) is 11.8 Å². The second-order valence-corrected chi connectivity index (χ2v) is 9.70. The Labute approximate surface area is 198 Å². The van der Waals surface area contributed by atoms with Crippen LogP contribution in [0, 0.1) is 5.41 Å². The van der Waals surface area contributed by atoms with E-state index in [0.717, 1.165) is 11.8 Å². The summed E-state index contributed by atoms with van der Waals surface area (Å²) < 4.78 is 20.5. The molecule has 0 aromatic rings. The van der Waals surface area contributed by atoms with Crippen LogP contribution in [0.15, 0.2) is 0 Å². The van der Waals surface area contributed by atoms with Gasteiger partial charge >= 0.3 is 11.9 Å². The summed E-state index contributed by atoms with van der Waals surface area (Å²) in [6, 6.07) is -1.05. The largest absolute Gasteiger partial charge is 0.469 e. The number of carbonyl (C=O) groups excluding carboxylic acids is 5. The summed E-state index contributed by atoms with van der Waals surface area (Å²) >= 11 is 0.809.